The molecular weight excluding hydrogens is 280 g/mol. The molecule has 5 heteroatoms. The van der Waals surface area contributed by atoms with Crippen LogP contribution in [0.5, 0.6) is 0 Å². The van der Waals surface area contributed by atoms with Gasteiger partial charge in [-0.25, -0.2) is 0 Å². The third-order valence-electron chi connectivity index (χ3n) is 4.84. The highest BCUT2D eigenvalue weighted by Crippen LogP contribution is 2.30. The lowest BCUT2D eigenvalue weighted by molar-refractivity contribution is 0.0475. The monoisotopic (exact) mass is 300 g/mol. The number of nitrogens with zero attached hydrogens (tertiary/aromatic N) is 2. The predicted molar refractivity (Wildman–Crippen MR) is 82.2 cm³/mol. The van der Waals surface area contributed by atoms with E-state index in [9.17, 15) is 9.59 Å². The molecule has 5 nitrogen and oxygen atoms in total. The zero-order chi connectivity index (χ0) is 15.1. The van der Waals surface area contributed by atoms with Gasteiger partial charge in [-0.15, -0.1) is 0 Å². The normalized spacial score (nSPS) is 24.5. The number of ether oxygens (including phenoxy) is 1. The Morgan fingerprint density at radius 3 is 2.55 bits per heavy atom. The fourth-order valence-electron chi connectivity index (χ4n) is 3.61. The molecule has 1 aromatic carbocycles. The van der Waals surface area contributed by atoms with E-state index < -0.39 is 0 Å². The van der Waals surface area contributed by atoms with Gasteiger partial charge in [0.05, 0.1) is 23.8 Å². The summed E-state index contributed by atoms with van der Waals surface area (Å²) in [6.07, 6.45) is 4.31. The molecule has 2 fully saturated rings. The maximum Gasteiger partial charge on any atom is 0.261 e. The molecule has 0 N–H and O–H groups in total. The molecule has 1 unspecified atom stereocenters. The second-order valence-electron chi connectivity index (χ2n) is 6.28. The van der Waals surface area contributed by atoms with Crippen LogP contribution in [0.2, 0.25) is 0 Å². The number of rotatable bonds is 3. The van der Waals surface area contributed by atoms with Crippen LogP contribution in [0, 0.1) is 0 Å². The number of imide groups is 1. The lowest BCUT2D eigenvalue weighted by atomic mass is 10.1. The first-order chi connectivity index (χ1) is 10.7. The maximum atomic E-state index is 12.6. The first kappa shape index (κ1) is 13.8. The molecule has 0 saturated carbocycles. The topological polar surface area (TPSA) is 49.9 Å². The van der Waals surface area contributed by atoms with Gasteiger partial charge in [0.15, 0.2) is 0 Å². The summed E-state index contributed by atoms with van der Waals surface area (Å²) in [5, 5.41) is 0. The van der Waals surface area contributed by atoms with Gasteiger partial charge in [-0.05, 0) is 43.9 Å². The molecule has 2 amide bonds. The van der Waals surface area contributed by atoms with Crippen molar-refractivity contribution in [1.82, 2.24) is 4.90 Å². The number of hydrogen-bond donors (Lipinski definition) is 0. The van der Waals surface area contributed by atoms with Crippen molar-refractivity contribution in [3.8, 4) is 0 Å². The summed E-state index contributed by atoms with van der Waals surface area (Å²) in [5.41, 5.74) is 2.13. The number of hydrogen-bond acceptors (Lipinski definition) is 4. The summed E-state index contributed by atoms with van der Waals surface area (Å²) in [6, 6.07) is 5.65. The largest absolute Gasteiger partial charge is 0.376 e. The minimum Gasteiger partial charge on any atom is -0.376 e. The Balaban J connectivity index is 1.59. The van der Waals surface area contributed by atoms with Gasteiger partial charge < -0.3 is 9.64 Å². The molecule has 1 atom stereocenters. The number of carbonyl (C=O) groups is 2. The van der Waals surface area contributed by atoms with Gasteiger partial charge >= 0.3 is 0 Å². The molecule has 3 aliphatic rings. The minimum atomic E-state index is -0.177. The molecule has 1 aromatic rings. The SMILES string of the molecule is O=C1c2ccc(N3CCCC3)cc2C(=O)N1CC1CCCO1. The molecule has 22 heavy (non-hydrogen) atoms. The van der Waals surface area contributed by atoms with Crippen molar-refractivity contribution in [2.75, 3.05) is 31.1 Å². The van der Waals surface area contributed by atoms with Gasteiger partial charge in [0.25, 0.3) is 11.8 Å². The quantitative estimate of drug-likeness (QED) is 0.802. The summed E-state index contributed by atoms with van der Waals surface area (Å²) in [4.78, 5) is 28.7. The maximum absolute atomic E-state index is 12.6. The summed E-state index contributed by atoms with van der Waals surface area (Å²) in [6.45, 7) is 3.17. The van der Waals surface area contributed by atoms with E-state index >= 15 is 0 Å². The van der Waals surface area contributed by atoms with Gasteiger partial charge in [-0.1, -0.05) is 0 Å². The Hall–Kier alpha value is -1.88. The minimum absolute atomic E-state index is 0.000245. The average Bonchev–Trinajstić information content (AvgIpc) is 3.26. The number of amides is 2. The fourth-order valence-corrected chi connectivity index (χ4v) is 3.61. The van der Waals surface area contributed by atoms with E-state index in [0.717, 1.165) is 38.2 Å². The van der Waals surface area contributed by atoms with Crippen molar-refractivity contribution in [1.29, 1.82) is 0 Å². The van der Waals surface area contributed by atoms with E-state index in [0.29, 0.717) is 17.7 Å². The van der Waals surface area contributed by atoms with Crippen LogP contribution in [0.4, 0.5) is 5.69 Å². The summed E-state index contributed by atoms with van der Waals surface area (Å²) >= 11 is 0. The smallest absolute Gasteiger partial charge is 0.261 e. The highest BCUT2D eigenvalue weighted by Gasteiger charge is 2.37. The standard InChI is InChI=1S/C17H20N2O3/c20-16-14-6-5-12(18-7-1-2-8-18)10-15(14)17(21)19(16)11-13-4-3-9-22-13/h5-6,10,13H,1-4,7-9,11H2. The Kier molecular flexibility index (Phi) is 3.37. The van der Waals surface area contributed by atoms with Crippen molar-refractivity contribution in [2.24, 2.45) is 0 Å². The molecule has 3 aliphatic heterocycles. The second kappa shape index (κ2) is 5.39. The van der Waals surface area contributed by atoms with E-state index in [1.807, 2.05) is 12.1 Å². The van der Waals surface area contributed by atoms with Crippen LogP contribution < -0.4 is 4.90 Å². The zero-order valence-corrected chi connectivity index (χ0v) is 12.6. The van der Waals surface area contributed by atoms with Crippen LogP contribution in [-0.2, 0) is 4.74 Å². The predicted octanol–water partition coefficient (Wildman–Crippen LogP) is 2.06. The molecule has 0 radical (unpaired) electrons. The van der Waals surface area contributed by atoms with E-state index in [1.165, 1.54) is 17.7 Å². The molecule has 4 rings (SSSR count). The molecule has 0 aromatic heterocycles. The van der Waals surface area contributed by atoms with Crippen molar-refractivity contribution >= 4 is 17.5 Å². The van der Waals surface area contributed by atoms with E-state index in [2.05, 4.69) is 4.90 Å². The van der Waals surface area contributed by atoms with E-state index in [-0.39, 0.29) is 17.9 Å². The van der Waals surface area contributed by atoms with Crippen molar-refractivity contribution in [3.05, 3.63) is 29.3 Å². The Labute approximate surface area is 129 Å². The summed E-state index contributed by atoms with van der Waals surface area (Å²) < 4.78 is 5.56. The van der Waals surface area contributed by atoms with Crippen molar-refractivity contribution < 1.29 is 14.3 Å². The zero-order valence-electron chi connectivity index (χ0n) is 12.6. The van der Waals surface area contributed by atoms with E-state index in [4.69, 9.17) is 4.74 Å². The van der Waals surface area contributed by atoms with E-state index in [1.54, 1.807) is 6.07 Å². The van der Waals surface area contributed by atoms with Crippen LogP contribution in [0.25, 0.3) is 0 Å². The van der Waals surface area contributed by atoms with Gasteiger partial charge in [0, 0.05) is 25.4 Å². The molecular formula is C17H20N2O3. The molecule has 0 spiro atoms. The Morgan fingerprint density at radius 2 is 1.82 bits per heavy atom. The highest BCUT2D eigenvalue weighted by molar-refractivity contribution is 6.21. The third-order valence-corrected chi connectivity index (χ3v) is 4.84. The molecule has 2 saturated heterocycles. The number of anilines is 1. The Bertz CT molecular complexity index is 616. The summed E-state index contributed by atoms with van der Waals surface area (Å²) in [5.74, 6) is -0.347. The van der Waals surface area contributed by atoms with Crippen LogP contribution in [0.3, 0.4) is 0 Å². The Morgan fingerprint density at radius 1 is 1.05 bits per heavy atom. The highest BCUT2D eigenvalue weighted by atomic mass is 16.5. The lowest BCUT2D eigenvalue weighted by Gasteiger charge is -2.18. The third kappa shape index (κ3) is 2.20. The van der Waals surface area contributed by atoms with Crippen LogP contribution >= 0.6 is 0 Å². The first-order valence-corrected chi connectivity index (χ1v) is 8.11. The lowest BCUT2D eigenvalue weighted by Crippen LogP contribution is -2.36. The number of carbonyl (C=O) groups excluding carboxylic acids is 2. The molecule has 116 valence electrons. The van der Waals surface area contributed by atoms with Crippen LogP contribution in [-0.4, -0.2) is 49.1 Å². The van der Waals surface area contributed by atoms with Crippen LogP contribution in [0.1, 0.15) is 46.4 Å². The van der Waals surface area contributed by atoms with Gasteiger partial charge in [-0.3, -0.25) is 14.5 Å². The second-order valence-corrected chi connectivity index (χ2v) is 6.28. The van der Waals surface area contributed by atoms with Crippen molar-refractivity contribution in [3.63, 3.8) is 0 Å². The molecule has 3 heterocycles. The van der Waals surface area contributed by atoms with Gasteiger partial charge in [0.2, 0.25) is 0 Å². The fraction of sp³-hybridized carbons (Fsp3) is 0.529. The number of benzene rings is 1. The first-order valence-electron chi connectivity index (χ1n) is 8.11. The average molecular weight is 300 g/mol. The van der Waals surface area contributed by atoms with Crippen LogP contribution in [0.15, 0.2) is 18.2 Å². The number of fused-ring (bicyclic) bond motifs is 1. The summed E-state index contributed by atoms with van der Waals surface area (Å²) in [7, 11) is 0. The van der Waals surface area contributed by atoms with Gasteiger partial charge in [-0.2, -0.15) is 0 Å². The molecule has 0 bridgehead atoms. The molecule has 0 aliphatic carbocycles. The van der Waals surface area contributed by atoms with Crippen molar-refractivity contribution in [2.45, 2.75) is 31.8 Å². The van der Waals surface area contributed by atoms with Gasteiger partial charge in [0.1, 0.15) is 0 Å².